The first-order valence-electron chi connectivity index (χ1n) is 11.4. The molecule has 180 valence electrons. The van der Waals surface area contributed by atoms with E-state index in [1.807, 2.05) is 48.5 Å². The van der Waals surface area contributed by atoms with Crippen LogP contribution in [0.2, 0.25) is 0 Å². The van der Waals surface area contributed by atoms with Crippen molar-refractivity contribution in [1.29, 1.82) is 0 Å². The second-order valence-electron chi connectivity index (χ2n) is 7.95. The van der Waals surface area contributed by atoms with Gasteiger partial charge in [0.25, 0.3) is 0 Å². The quantitative estimate of drug-likeness (QED) is 0.487. The number of carbonyl (C=O) groups is 1. The van der Waals surface area contributed by atoms with E-state index in [9.17, 15) is 4.79 Å². The molecule has 1 fully saturated rings. The molecule has 1 N–H and O–H groups in total. The average Bonchev–Trinajstić information content (AvgIpc) is 3.38. The van der Waals surface area contributed by atoms with Gasteiger partial charge in [-0.2, -0.15) is 0 Å². The predicted octanol–water partition coefficient (Wildman–Crippen LogP) is 2.88. The third kappa shape index (κ3) is 5.92. The smallest absolute Gasteiger partial charge is 0.247 e. The zero-order valence-corrected chi connectivity index (χ0v) is 19.5. The first kappa shape index (κ1) is 23.7. The molecule has 0 saturated carbocycles. The lowest BCUT2D eigenvalue weighted by molar-refractivity contribution is -0.121. The van der Waals surface area contributed by atoms with Crippen molar-refractivity contribution in [2.75, 3.05) is 47.1 Å². The van der Waals surface area contributed by atoms with Gasteiger partial charge >= 0.3 is 0 Å². The summed E-state index contributed by atoms with van der Waals surface area (Å²) in [5, 5.41) is 11.2. The van der Waals surface area contributed by atoms with Crippen LogP contribution in [0.3, 0.4) is 0 Å². The van der Waals surface area contributed by atoms with E-state index in [2.05, 4.69) is 20.4 Å². The Kier molecular flexibility index (Phi) is 8.11. The minimum Gasteiger partial charge on any atom is -0.493 e. The second kappa shape index (κ2) is 11.6. The first-order valence-corrected chi connectivity index (χ1v) is 11.4. The molecule has 1 saturated heterocycles. The van der Waals surface area contributed by atoms with Crippen LogP contribution in [0.15, 0.2) is 52.9 Å². The number of benzene rings is 2. The van der Waals surface area contributed by atoms with Crippen LogP contribution in [-0.4, -0.2) is 68.1 Å². The molecule has 1 unspecified atom stereocenters. The zero-order valence-electron chi connectivity index (χ0n) is 19.5. The van der Waals surface area contributed by atoms with Crippen LogP contribution in [0.25, 0.3) is 11.5 Å². The summed E-state index contributed by atoms with van der Waals surface area (Å²) in [6, 6.07) is 15.4. The van der Waals surface area contributed by atoms with Crippen LogP contribution in [0.1, 0.15) is 23.9 Å². The predicted molar refractivity (Wildman–Crippen MR) is 126 cm³/mol. The maximum absolute atomic E-state index is 12.6. The Balaban J connectivity index is 1.37. The number of hydrogen-bond donors (Lipinski definition) is 1. The number of nitrogens with one attached hydrogen (secondary N) is 1. The molecule has 1 aliphatic heterocycles. The number of aromatic nitrogens is 2. The first-order chi connectivity index (χ1) is 16.7. The normalized spacial score (nSPS) is 15.0. The highest BCUT2D eigenvalue weighted by atomic mass is 16.5. The third-order valence-electron chi connectivity index (χ3n) is 5.82. The van der Waals surface area contributed by atoms with Gasteiger partial charge in [-0.1, -0.05) is 24.3 Å². The number of nitrogens with zero attached hydrogens (tertiary/aromatic N) is 3. The number of rotatable bonds is 10. The summed E-state index contributed by atoms with van der Waals surface area (Å²) in [6.07, 6.45) is 0.641. The van der Waals surface area contributed by atoms with Crippen LogP contribution in [-0.2, 0) is 16.0 Å². The number of hydrogen-bond acceptors (Lipinski definition) is 8. The second-order valence-corrected chi connectivity index (χ2v) is 7.95. The molecular formula is C25H30N4O5. The largest absolute Gasteiger partial charge is 0.493 e. The van der Waals surface area contributed by atoms with Crippen molar-refractivity contribution in [3.8, 4) is 23.0 Å². The average molecular weight is 467 g/mol. The van der Waals surface area contributed by atoms with Gasteiger partial charge in [0.05, 0.1) is 33.5 Å². The molecule has 34 heavy (non-hydrogen) atoms. The number of methoxy groups -OCH3 is 2. The van der Waals surface area contributed by atoms with Crippen molar-refractivity contribution >= 4 is 5.91 Å². The summed E-state index contributed by atoms with van der Waals surface area (Å²) in [5.41, 5.74) is 1.90. The Hall–Kier alpha value is -3.43. The number of amides is 1. The van der Waals surface area contributed by atoms with Crippen LogP contribution in [0, 0.1) is 0 Å². The molecular weight excluding hydrogens is 436 g/mol. The van der Waals surface area contributed by atoms with Crippen LogP contribution in [0.5, 0.6) is 11.5 Å². The number of aryl methyl sites for hydroxylation is 1. The molecule has 0 spiro atoms. The molecule has 1 aliphatic rings. The fourth-order valence-corrected chi connectivity index (χ4v) is 3.98. The van der Waals surface area contributed by atoms with Crippen LogP contribution in [0.4, 0.5) is 0 Å². The summed E-state index contributed by atoms with van der Waals surface area (Å²) in [7, 11) is 3.23. The molecule has 9 heteroatoms. The molecule has 2 heterocycles. The summed E-state index contributed by atoms with van der Waals surface area (Å²) in [6.45, 7) is 3.38. The Morgan fingerprint density at radius 3 is 2.56 bits per heavy atom. The Labute approximate surface area is 199 Å². The highest BCUT2D eigenvalue weighted by Gasteiger charge is 2.24. The van der Waals surface area contributed by atoms with Crippen molar-refractivity contribution in [3.05, 3.63) is 60.0 Å². The minimum atomic E-state index is -0.0711. The molecule has 4 rings (SSSR count). The molecule has 1 aromatic heterocycles. The van der Waals surface area contributed by atoms with Gasteiger partial charge in [0.2, 0.25) is 17.7 Å². The Morgan fingerprint density at radius 1 is 1.06 bits per heavy atom. The molecule has 0 bridgehead atoms. The maximum Gasteiger partial charge on any atom is 0.247 e. The van der Waals surface area contributed by atoms with E-state index in [0.717, 1.165) is 24.2 Å². The monoisotopic (exact) mass is 466 g/mol. The molecule has 1 amide bonds. The zero-order chi connectivity index (χ0) is 23.8. The molecule has 0 radical (unpaired) electrons. The van der Waals surface area contributed by atoms with Gasteiger partial charge in [0, 0.05) is 38.0 Å². The highest BCUT2D eigenvalue weighted by Crippen LogP contribution is 2.32. The third-order valence-corrected chi connectivity index (χ3v) is 5.82. The molecule has 3 aromatic rings. The fourth-order valence-electron chi connectivity index (χ4n) is 3.98. The number of morpholine rings is 1. The van der Waals surface area contributed by atoms with Crippen molar-refractivity contribution < 1.29 is 23.4 Å². The van der Waals surface area contributed by atoms with Gasteiger partial charge < -0.3 is 23.9 Å². The van der Waals surface area contributed by atoms with E-state index in [4.69, 9.17) is 18.6 Å². The molecule has 9 nitrogen and oxygen atoms in total. The number of ether oxygens (including phenoxy) is 3. The van der Waals surface area contributed by atoms with E-state index < -0.39 is 0 Å². The van der Waals surface area contributed by atoms with Crippen LogP contribution >= 0.6 is 0 Å². The van der Waals surface area contributed by atoms with Gasteiger partial charge in [0.15, 0.2) is 11.5 Å². The van der Waals surface area contributed by atoms with E-state index in [1.54, 1.807) is 14.2 Å². The molecule has 0 aliphatic carbocycles. The standard InChI is InChI=1S/C25H30N4O5/c1-31-21-9-8-19(16-22(21)32-2)20(29-12-14-33-15-13-29)17-26-23(30)10-11-24-27-28-25(34-24)18-6-4-3-5-7-18/h3-9,16,20H,10-15,17H2,1-2H3,(H,26,30). The Morgan fingerprint density at radius 2 is 1.82 bits per heavy atom. The van der Waals surface area contributed by atoms with E-state index >= 15 is 0 Å². The minimum absolute atomic E-state index is 0.0132. The molecule has 2 aromatic carbocycles. The van der Waals surface area contributed by atoms with Crippen molar-refractivity contribution in [1.82, 2.24) is 20.4 Å². The van der Waals surface area contributed by atoms with E-state index in [-0.39, 0.29) is 18.4 Å². The summed E-state index contributed by atoms with van der Waals surface area (Å²) < 4.78 is 22.1. The van der Waals surface area contributed by atoms with Crippen molar-refractivity contribution in [2.24, 2.45) is 0 Å². The van der Waals surface area contributed by atoms with Gasteiger partial charge in [-0.15, -0.1) is 10.2 Å². The Bertz CT molecular complexity index is 1070. The maximum atomic E-state index is 12.6. The summed E-state index contributed by atoms with van der Waals surface area (Å²) in [5.74, 6) is 2.16. The van der Waals surface area contributed by atoms with Gasteiger partial charge in [-0.25, -0.2) is 0 Å². The van der Waals surface area contributed by atoms with E-state index in [1.165, 1.54) is 0 Å². The van der Waals surface area contributed by atoms with Crippen molar-refractivity contribution in [3.63, 3.8) is 0 Å². The fraction of sp³-hybridized carbons (Fsp3) is 0.400. The van der Waals surface area contributed by atoms with Gasteiger partial charge in [-0.05, 0) is 29.8 Å². The summed E-state index contributed by atoms with van der Waals surface area (Å²) in [4.78, 5) is 15.0. The van der Waals surface area contributed by atoms with Gasteiger partial charge in [-0.3, -0.25) is 9.69 Å². The SMILES string of the molecule is COc1ccc(C(CNC(=O)CCc2nnc(-c3ccccc3)o2)N2CCOCC2)cc1OC. The summed E-state index contributed by atoms with van der Waals surface area (Å²) >= 11 is 0. The lowest BCUT2D eigenvalue weighted by Gasteiger charge is -2.35. The number of carbonyl (C=O) groups excluding carboxylic acids is 1. The van der Waals surface area contributed by atoms with E-state index in [0.29, 0.717) is 49.5 Å². The highest BCUT2D eigenvalue weighted by molar-refractivity contribution is 5.76. The topological polar surface area (TPSA) is 99.0 Å². The van der Waals surface area contributed by atoms with Crippen LogP contribution < -0.4 is 14.8 Å². The van der Waals surface area contributed by atoms with Crippen molar-refractivity contribution in [2.45, 2.75) is 18.9 Å². The lowest BCUT2D eigenvalue weighted by atomic mass is 10.0. The molecule has 1 atom stereocenters. The lowest BCUT2D eigenvalue weighted by Crippen LogP contribution is -2.43. The van der Waals surface area contributed by atoms with Gasteiger partial charge in [0.1, 0.15) is 0 Å².